The topological polar surface area (TPSA) is 16.4 Å². The maximum absolute atomic E-state index is 6.50. The van der Waals surface area contributed by atoms with Gasteiger partial charge in [0.1, 0.15) is 11.2 Å². The number of rotatable bonds is 5. The number of nitrogens with zero attached hydrogens (tertiary/aromatic N) is 1. The Kier molecular flexibility index (Phi) is 6.56. The summed E-state index contributed by atoms with van der Waals surface area (Å²) in [5.41, 5.74) is 14.9. The first-order chi connectivity index (χ1) is 25.0. The highest BCUT2D eigenvalue weighted by Gasteiger charge is 2.39. The molecule has 0 radical (unpaired) electrons. The second-order valence-corrected chi connectivity index (χ2v) is 14.1. The van der Waals surface area contributed by atoms with Crippen LogP contribution in [0.2, 0.25) is 0 Å². The van der Waals surface area contributed by atoms with Gasteiger partial charge in [0.05, 0.1) is 11.4 Å². The van der Waals surface area contributed by atoms with Crippen LogP contribution in [0.5, 0.6) is 0 Å². The van der Waals surface area contributed by atoms with Crippen LogP contribution in [0, 0.1) is 0 Å². The molecular weight excluding hydrogens is 619 g/mol. The molecule has 2 nitrogen and oxygen atoms in total. The smallest absolute Gasteiger partial charge is 0.137 e. The third-order valence-electron chi connectivity index (χ3n) is 10.8. The second-order valence-electron chi connectivity index (χ2n) is 14.1. The van der Waals surface area contributed by atoms with E-state index in [1.807, 2.05) is 6.07 Å². The van der Waals surface area contributed by atoms with Crippen LogP contribution in [0.3, 0.4) is 0 Å². The predicted octanol–water partition coefficient (Wildman–Crippen LogP) is 13.8. The molecule has 1 aliphatic carbocycles. The molecule has 10 rings (SSSR count). The quantitative estimate of drug-likeness (QED) is 0.184. The number of benzene rings is 8. The van der Waals surface area contributed by atoms with Crippen molar-refractivity contribution in [2.75, 3.05) is 4.90 Å². The molecule has 0 saturated heterocycles. The first-order valence-corrected chi connectivity index (χ1v) is 17.7. The lowest BCUT2D eigenvalue weighted by atomic mass is 9.80. The van der Waals surface area contributed by atoms with Crippen LogP contribution < -0.4 is 4.90 Å². The summed E-state index contributed by atoms with van der Waals surface area (Å²) in [4.78, 5) is 2.46. The average molecular weight is 654 g/mol. The molecule has 1 aromatic heterocycles. The van der Waals surface area contributed by atoms with E-state index in [0.29, 0.717) is 0 Å². The van der Waals surface area contributed by atoms with E-state index in [4.69, 9.17) is 4.42 Å². The summed E-state index contributed by atoms with van der Waals surface area (Å²) >= 11 is 0. The minimum atomic E-state index is -0.241. The molecule has 0 amide bonds. The Labute approximate surface area is 297 Å². The van der Waals surface area contributed by atoms with Gasteiger partial charge in [-0.2, -0.15) is 0 Å². The van der Waals surface area contributed by atoms with Crippen LogP contribution in [0.25, 0.3) is 66.1 Å². The number of hydrogen-bond donors (Lipinski definition) is 0. The van der Waals surface area contributed by atoms with Crippen molar-refractivity contribution >= 4 is 49.8 Å². The minimum Gasteiger partial charge on any atom is -0.456 e. The minimum absolute atomic E-state index is 0.241. The zero-order valence-corrected chi connectivity index (χ0v) is 28.6. The summed E-state index contributed by atoms with van der Waals surface area (Å²) in [7, 11) is 0. The van der Waals surface area contributed by atoms with E-state index in [2.05, 4.69) is 189 Å². The fourth-order valence-corrected chi connectivity index (χ4v) is 8.39. The molecule has 1 aliphatic rings. The van der Waals surface area contributed by atoms with Crippen molar-refractivity contribution in [2.24, 2.45) is 0 Å². The van der Waals surface area contributed by atoms with E-state index in [1.165, 1.54) is 55.4 Å². The van der Waals surface area contributed by atoms with Gasteiger partial charge in [-0.15, -0.1) is 0 Å². The van der Waals surface area contributed by atoms with Gasteiger partial charge in [0.2, 0.25) is 0 Å². The molecule has 51 heavy (non-hydrogen) atoms. The molecule has 0 unspecified atom stereocenters. The van der Waals surface area contributed by atoms with Gasteiger partial charge in [-0.05, 0) is 98.2 Å². The molecule has 242 valence electrons. The maximum atomic E-state index is 6.50. The van der Waals surface area contributed by atoms with Gasteiger partial charge >= 0.3 is 0 Å². The number of fused-ring (bicyclic) bond motifs is 7. The van der Waals surface area contributed by atoms with Gasteiger partial charge in [-0.25, -0.2) is 0 Å². The van der Waals surface area contributed by atoms with E-state index >= 15 is 0 Å². The fraction of sp³-hybridized carbons (Fsp3) is 0.0612. The van der Waals surface area contributed by atoms with Crippen molar-refractivity contribution in [1.29, 1.82) is 0 Å². The zero-order valence-electron chi connectivity index (χ0n) is 28.6. The first kappa shape index (κ1) is 29.5. The molecule has 0 aliphatic heterocycles. The number of hydrogen-bond acceptors (Lipinski definition) is 2. The van der Waals surface area contributed by atoms with Gasteiger partial charge < -0.3 is 9.32 Å². The predicted molar refractivity (Wildman–Crippen MR) is 214 cm³/mol. The van der Waals surface area contributed by atoms with Crippen molar-refractivity contribution in [3.8, 4) is 33.4 Å². The molecule has 0 saturated carbocycles. The Morgan fingerprint density at radius 2 is 1.08 bits per heavy atom. The zero-order chi connectivity index (χ0) is 34.1. The van der Waals surface area contributed by atoms with Crippen molar-refractivity contribution in [3.05, 3.63) is 187 Å². The monoisotopic (exact) mass is 653 g/mol. The average Bonchev–Trinajstić information content (AvgIpc) is 3.66. The Balaban J connectivity index is 1.23. The highest BCUT2D eigenvalue weighted by atomic mass is 16.3. The summed E-state index contributed by atoms with van der Waals surface area (Å²) in [5.74, 6) is 0. The van der Waals surface area contributed by atoms with Crippen molar-refractivity contribution < 1.29 is 4.42 Å². The van der Waals surface area contributed by atoms with Crippen LogP contribution >= 0.6 is 0 Å². The van der Waals surface area contributed by atoms with E-state index in [0.717, 1.165) is 38.9 Å². The molecule has 8 aromatic carbocycles. The molecule has 1 heterocycles. The van der Waals surface area contributed by atoms with Crippen molar-refractivity contribution in [1.82, 2.24) is 0 Å². The molecular formula is C49H35NO. The lowest BCUT2D eigenvalue weighted by Crippen LogP contribution is -2.21. The van der Waals surface area contributed by atoms with Gasteiger partial charge in [-0.3, -0.25) is 0 Å². The standard InChI is InChI=1S/C49H35NO/c1-49(2)43-30-35-17-7-6-16-34(35)29-42(43)41-22-13-24-45(48(41)49)50(37-26-27-40-39-21-9-11-25-46(39)51-47(40)31-37)44-23-10-8-20-38(44)36-19-12-18-33(28-36)32-14-4-3-5-15-32/h3-31H,1-2H3. The molecule has 0 fully saturated rings. The molecule has 0 bridgehead atoms. The number of anilines is 3. The summed E-state index contributed by atoms with van der Waals surface area (Å²) in [5, 5.41) is 4.79. The van der Waals surface area contributed by atoms with Crippen LogP contribution in [0.4, 0.5) is 17.1 Å². The van der Waals surface area contributed by atoms with Crippen molar-refractivity contribution in [2.45, 2.75) is 19.3 Å². The number of furan rings is 1. The Morgan fingerprint density at radius 1 is 0.431 bits per heavy atom. The lowest BCUT2D eigenvalue weighted by Gasteiger charge is -2.33. The van der Waals surface area contributed by atoms with E-state index < -0.39 is 0 Å². The van der Waals surface area contributed by atoms with Gasteiger partial charge in [0.25, 0.3) is 0 Å². The summed E-state index contributed by atoms with van der Waals surface area (Å²) in [6.07, 6.45) is 0. The van der Waals surface area contributed by atoms with Crippen molar-refractivity contribution in [3.63, 3.8) is 0 Å². The fourth-order valence-electron chi connectivity index (χ4n) is 8.39. The van der Waals surface area contributed by atoms with E-state index in [1.54, 1.807) is 0 Å². The summed E-state index contributed by atoms with van der Waals surface area (Å²) in [6.45, 7) is 4.76. The largest absolute Gasteiger partial charge is 0.456 e. The SMILES string of the molecule is CC1(C)c2cc3ccccc3cc2-c2cccc(N(c3ccc4c(c3)oc3ccccc34)c3ccccc3-c3cccc(-c4ccccc4)c3)c21. The van der Waals surface area contributed by atoms with Crippen LogP contribution in [-0.2, 0) is 5.41 Å². The second kappa shape index (κ2) is 11.3. The van der Waals surface area contributed by atoms with Gasteiger partial charge in [-0.1, -0.05) is 135 Å². The Hall–Kier alpha value is -6.38. The Bertz CT molecular complexity index is 2790. The highest BCUT2D eigenvalue weighted by Crippen LogP contribution is 2.56. The third kappa shape index (κ3) is 4.64. The third-order valence-corrected chi connectivity index (χ3v) is 10.8. The molecule has 0 N–H and O–H groups in total. The van der Waals surface area contributed by atoms with E-state index in [9.17, 15) is 0 Å². The molecule has 9 aromatic rings. The summed E-state index contributed by atoms with van der Waals surface area (Å²) in [6, 6.07) is 63.7. The highest BCUT2D eigenvalue weighted by molar-refractivity contribution is 6.07. The normalized spacial score (nSPS) is 13.1. The van der Waals surface area contributed by atoms with Crippen LogP contribution in [-0.4, -0.2) is 0 Å². The maximum Gasteiger partial charge on any atom is 0.137 e. The molecule has 0 atom stereocenters. The van der Waals surface area contributed by atoms with Gasteiger partial charge in [0.15, 0.2) is 0 Å². The molecule has 0 spiro atoms. The Morgan fingerprint density at radius 3 is 1.96 bits per heavy atom. The van der Waals surface area contributed by atoms with E-state index in [-0.39, 0.29) is 5.41 Å². The van der Waals surface area contributed by atoms with Crippen LogP contribution in [0.1, 0.15) is 25.0 Å². The molecule has 2 heteroatoms. The summed E-state index contributed by atoms with van der Waals surface area (Å²) < 4.78 is 6.50. The van der Waals surface area contributed by atoms with Gasteiger partial charge in [0, 0.05) is 33.5 Å². The lowest BCUT2D eigenvalue weighted by molar-refractivity contribution is 0.661. The van der Waals surface area contributed by atoms with Crippen LogP contribution in [0.15, 0.2) is 180 Å². The first-order valence-electron chi connectivity index (χ1n) is 17.7. The number of para-hydroxylation sites is 2.